The van der Waals surface area contributed by atoms with Crippen LogP contribution in [0.1, 0.15) is 32.3 Å². The lowest BCUT2D eigenvalue weighted by Gasteiger charge is -2.14. The van der Waals surface area contributed by atoms with E-state index in [1.165, 1.54) is 6.07 Å². The molecule has 1 aromatic heterocycles. The van der Waals surface area contributed by atoms with E-state index in [4.69, 9.17) is 0 Å². The molecule has 1 heterocycles. The molecule has 148 valence electrons. The molecule has 0 fully saturated rings. The van der Waals surface area contributed by atoms with Crippen molar-refractivity contribution in [2.45, 2.75) is 52.2 Å². The second-order valence-electron chi connectivity index (χ2n) is 7.09. The molecular formula is C22H26FN3O2. The summed E-state index contributed by atoms with van der Waals surface area (Å²) in [7, 11) is 0. The second-order valence-corrected chi connectivity index (χ2v) is 7.09. The summed E-state index contributed by atoms with van der Waals surface area (Å²) in [5, 5.41) is 2.90. The maximum absolute atomic E-state index is 13.8. The topological polar surface area (TPSA) is 56.0 Å². The number of hydrogen-bond acceptors (Lipinski definition) is 2. The predicted molar refractivity (Wildman–Crippen MR) is 109 cm³/mol. The molecule has 1 unspecified atom stereocenters. The number of carbonyl (C=O) groups is 1. The van der Waals surface area contributed by atoms with Gasteiger partial charge in [0.1, 0.15) is 5.82 Å². The van der Waals surface area contributed by atoms with Crippen LogP contribution < -0.4 is 11.0 Å². The maximum Gasteiger partial charge on any atom is 0.329 e. The van der Waals surface area contributed by atoms with Crippen LogP contribution in [-0.4, -0.2) is 21.1 Å². The van der Waals surface area contributed by atoms with Gasteiger partial charge in [0.2, 0.25) is 5.91 Å². The number of nitrogens with zero attached hydrogens (tertiary/aromatic N) is 2. The highest BCUT2D eigenvalue weighted by molar-refractivity contribution is 5.78. The molecule has 6 heteroatoms. The Morgan fingerprint density at radius 3 is 2.29 bits per heavy atom. The van der Waals surface area contributed by atoms with Crippen molar-refractivity contribution in [2.24, 2.45) is 0 Å². The third-order valence-electron chi connectivity index (χ3n) is 4.83. The molecule has 0 aliphatic carbocycles. The lowest BCUT2D eigenvalue weighted by molar-refractivity contribution is -0.121. The average Bonchev–Trinajstić information content (AvgIpc) is 2.94. The molecule has 3 rings (SSSR count). The highest BCUT2D eigenvalue weighted by Gasteiger charge is 2.15. The minimum Gasteiger partial charge on any atom is -0.353 e. The van der Waals surface area contributed by atoms with Crippen LogP contribution >= 0.6 is 0 Å². The third kappa shape index (κ3) is 4.32. The largest absolute Gasteiger partial charge is 0.353 e. The van der Waals surface area contributed by atoms with Crippen molar-refractivity contribution in [3.05, 3.63) is 70.4 Å². The highest BCUT2D eigenvalue weighted by Crippen LogP contribution is 2.14. The van der Waals surface area contributed by atoms with Crippen molar-refractivity contribution in [3.63, 3.8) is 0 Å². The number of amides is 1. The van der Waals surface area contributed by atoms with Gasteiger partial charge in [-0.25, -0.2) is 9.18 Å². The molecule has 0 spiro atoms. The van der Waals surface area contributed by atoms with E-state index in [1.54, 1.807) is 27.3 Å². The molecule has 1 N–H and O–H groups in total. The normalized spacial score (nSPS) is 12.2. The van der Waals surface area contributed by atoms with Gasteiger partial charge in [0, 0.05) is 25.6 Å². The molecule has 0 aliphatic rings. The number of aryl methyl sites for hydroxylation is 2. The van der Waals surface area contributed by atoms with Gasteiger partial charge < -0.3 is 5.32 Å². The lowest BCUT2D eigenvalue weighted by atomic mass is 10.1. The lowest BCUT2D eigenvalue weighted by Crippen LogP contribution is -2.35. The number of aromatic nitrogens is 2. The number of benzene rings is 2. The number of carbonyl (C=O) groups excluding carboxylic acids is 1. The Balaban J connectivity index is 1.65. The molecule has 5 nitrogen and oxygen atoms in total. The Kier molecular flexibility index (Phi) is 6.29. The first kappa shape index (κ1) is 19.9. The number of halogens is 1. The molecule has 1 atom stereocenters. The summed E-state index contributed by atoms with van der Waals surface area (Å²) >= 11 is 0. The van der Waals surface area contributed by atoms with Crippen molar-refractivity contribution in [1.29, 1.82) is 0 Å². The SMILES string of the molecule is CCCn1c(=O)n(CCC(=O)NC(C)Cc2ccccc2F)c2ccccc21. The van der Waals surface area contributed by atoms with Crippen molar-refractivity contribution in [2.75, 3.05) is 0 Å². The molecule has 1 amide bonds. The van der Waals surface area contributed by atoms with Crippen molar-refractivity contribution < 1.29 is 9.18 Å². The summed E-state index contributed by atoms with van der Waals surface area (Å²) in [6.45, 7) is 4.85. The first-order valence-electron chi connectivity index (χ1n) is 9.72. The third-order valence-corrected chi connectivity index (χ3v) is 4.83. The number of nitrogens with one attached hydrogen (secondary N) is 1. The van der Waals surface area contributed by atoms with Gasteiger partial charge >= 0.3 is 5.69 Å². The average molecular weight is 383 g/mol. The van der Waals surface area contributed by atoms with Gasteiger partial charge in [0.25, 0.3) is 0 Å². The molecular weight excluding hydrogens is 357 g/mol. The summed E-state index contributed by atoms with van der Waals surface area (Å²) in [6.07, 6.45) is 1.48. The smallest absolute Gasteiger partial charge is 0.329 e. The summed E-state index contributed by atoms with van der Waals surface area (Å²) < 4.78 is 17.2. The minimum absolute atomic E-state index is 0.0877. The quantitative estimate of drug-likeness (QED) is 0.647. The summed E-state index contributed by atoms with van der Waals surface area (Å²) in [5.41, 5.74) is 2.22. The standard InChI is InChI=1S/C22H26FN3O2/c1-3-13-25-19-10-6-7-11-20(19)26(22(25)28)14-12-21(27)24-16(2)15-17-8-4-5-9-18(17)23/h4-11,16H,3,12-15H2,1-2H3,(H,24,27). The Hall–Kier alpha value is -2.89. The van der Waals surface area contributed by atoms with Crippen LogP contribution in [0.3, 0.4) is 0 Å². The van der Waals surface area contributed by atoms with E-state index >= 15 is 0 Å². The van der Waals surface area contributed by atoms with Gasteiger partial charge in [-0.1, -0.05) is 37.3 Å². The zero-order chi connectivity index (χ0) is 20.1. The number of rotatable bonds is 8. The van der Waals surface area contributed by atoms with Gasteiger partial charge in [-0.2, -0.15) is 0 Å². The first-order valence-corrected chi connectivity index (χ1v) is 9.72. The molecule has 0 aliphatic heterocycles. The van der Waals surface area contributed by atoms with Crippen LogP contribution in [-0.2, 0) is 24.3 Å². The van der Waals surface area contributed by atoms with Crippen LogP contribution in [0.5, 0.6) is 0 Å². The van der Waals surface area contributed by atoms with E-state index in [-0.39, 0.29) is 29.9 Å². The minimum atomic E-state index is -0.265. The first-order chi connectivity index (χ1) is 13.5. The molecule has 3 aromatic rings. The Morgan fingerprint density at radius 2 is 1.64 bits per heavy atom. The van der Waals surface area contributed by atoms with E-state index in [0.29, 0.717) is 25.1 Å². The van der Waals surface area contributed by atoms with Gasteiger partial charge in [0.15, 0.2) is 0 Å². The molecule has 0 radical (unpaired) electrons. The Bertz CT molecular complexity index is 1020. The van der Waals surface area contributed by atoms with Crippen LogP contribution in [0.2, 0.25) is 0 Å². The van der Waals surface area contributed by atoms with Gasteiger partial charge in [-0.15, -0.1) is 0 Å². The van der Waals surface area contributed by atoms with E-state index in [0.717, 1.165) is 17.5 Å². The van der Waals surface area contributed by atoms with Crippen LogP contribution in [0.4, 0.5) is 4.39 Å². The highest BCUT2D eigenvalue weighted by atomic mass is 19.1. The van der Waals surface area contributed by atoms with E-state index in [2.05, 4.69) is 5.32 Å². The summed E-state index contributed by atoms with van der Waals surface area (Å²) in [5.74, 6) is -0.415. The van der Waals surface area contributed by atoms with Crippen LogP contribution in [0.25, 0.3) is 11.0 Å². The zero-order valence-electron chi connectivity index (χ0n) is 16.3. The monoisotopic (exact) mass is 383 g/mol. The van der Waals surface area contributed by atoms with Gasteiger partial charge in [-0.05, 0) is 43.5 Å². The fourth-order valence-corrected chi connectivity index (χ4v) is 3.53. The fourth-order valence-electron chi connectivity index (χ4n) is 3.53. The van der Waals surface area contributed by atoms with Gasteiger partial charge in [0.05, 0.1) is 11.0 Å². The van der Waals surface area contributed by atoms with Crippen molar-refractivity contribution in [3.8, 4) is 0 Å². The second kappa shape index (κ2) is 8.87. The Morgan fingerprint density at radius 1 is 1.04 bits per heavy atom. The predicted octanol–water partition coefficient (Wildman–Crippen LogP) is 3.49. The molecule has 0 saturated carbocycles. The number of hydrogen-bond donors (Lipinski definition) is 1. The van der Waals surface area contributed by atoms with E-state index < -0.39 is 0 Å². The van der Waals surface area contributed by atoms with Crippen molar-refractivity contribution >= 4 is 16.9 Å². The molecule has 0 saturated heterocycles. The number of para-hydroxylation sites is 2. The van der Waals surface area contributed by atoms with Crippen LogP contribution in [0.15, 0.2) is 53.3 Å². The molecule has 28 heavy (non-hydrogen) atoms. The Labute approximate surface area is 163 Å². The molecule has 2 aromatic carbocycles. The zero-order valence-corrected chi connectivity index (χ0v) is 16.3. The van der Waals surface area contributed by atoms with Crippen molar-refractivity contribution in [1.82, 2.24) is 14.5 Å². The number of fused-ring (bicyclic) bond motifs is 1. The summed E-state index contributed by atoms with van der Waals surface area (Å²) in [4.78, 5) is 25.1. The van der Waals surface area contributed by atoms with E-state index in [9.17, 15) is 14.0 Å². The van der Waals surface area contributed by atoms with Crippen LogP contribution in [0, 0.1) is 5.82 Å². The number of imidazole rings is 1. The van der Waals surface area contributed by atoms with Gasteiger partial charge in [-0.3, -0.25) is 13.9 Å². The fraction of sp³-hybridized carbons (Fsp3) is 0.364. The summed E-state index contributed by atoms with van der Waals surface area (Å²) in [6, 6.07) is 14.0. The maximum atomic E-state index is 13.8. The molecule has 0 bridgehead atoms. The van der Waals surface area contributed by atoms with E-state index in [1.807, 2.05) is 38.1 Å².